The van der Waals surface area contributed by atoms with Gasteiger partial charge in [0.15, 0.2) is 0 Å². The van der Waals surface area contributed by atoms with Crippen molar-refractivity contribution in [2.75, 3.05) is 0 Å². The highest BCUT2D eigenvalue weighted by molar-refractivity contribution is 6.15. The molecule has 2 heteroatoms. The van der Waals surface area contributed by atoms with Crippen LogP contribution in [0.3, 0.4) is 0 Å². The lowest BCUT2D eigenvalue weighted by Gasteiger charge is -2.40. The first-order valence-corrected chi connectivity index (χ1v) is 7.09. The summed E-state index contributed by atoms with van der Waals surface area (Å²) < 4.78 is 6.14. The Morgan fingerprint density at radius 2 is 1.71 bits per heavy atom. The smallest absolute Gasteiger partial charge is 0.119 e. The summed E-state index contributed by atoms with van der Waals surface area (Å²) in [6, 6.07) is 8.22. The molecule has 0 spiro atoms. The normalized spacial score (nSPS) is 15.4. The van der Waals surface area contributed by atoms with Crippen molar-refractivity contribution >= 4 is 16.0 Å². The zero-order valence-electron chi connectivity index (χ0n) is 11.9. The SMILES string of the molecule is C=C(OC(C)([SiH3])C(C)(C)C)c1ccccc1C. The number of rotatable bonds is 3. The molecule has 1 nitrogen and oxygen atoms in total. The number of ether oxygens (including phenoxy) is 1. The van der Waals surface area contributed by atoms with Gasteiger partial charge >= 0.3 is 0 Å². The van der Waals surface area contributed by atoms with Gasteiger partial charge in [-0.25, -0.2) is 0 Å². The predicted octanol–water partition coefficient (Wildman–Crippen LogP) is 3.11. The molecule has 0 aliphatic carbocycles. The van der Waals surface area contributed by atoms with Crippen LogP contribution < -0.4 is 0 Å². The summed E-state index contributed by atoms with van der Waals surface area (Å²) in [4.78, 5) is 0. The Hall–Kier alpha value is -1.02. The fourth-order valence-corrected chi connectivity index (χ4v) is 1.65. The largest absolute Gasteiger partial charge is 0.492 e. The second kappa shape index (κ2) is 4.69. The Morgan fingerprint density at radius 3 is 2.18 bits per heavy atom. The minimum absolute atomic E-state index is 0.105. The van der Waals surface area contributed by atoms with Gasteiger partial charge in [-0.2, -0.15) is 0 Å². The molecule has 0 saturated heterocycles. The van der Waals surface area contributed by atoms with E-state index in [4.69, 9.17) is 4.74 Å². The molecule has 0 aromatic heterocycles. The molecule has 1 atom stereocenters. The van der Waals surface area contributed by atoms with Gasteiger partial charge in [0.1, 0.15) is 5.76 Å². The summed E-state index contributed by atoms with van der Waals surface area (Å²) in [5.41, 5.74) is 2.45. The highest BCUT2D eigenvalue weighted by atomic mass is 28.1. The van der Waals surface area contributed by atoms with Crippen molar-refractivity contribution in [2.45, 2.75) is 39.8 Å². The van der Waals surface area contributed by atoms with Gasteiger partial charge < -0.3 is 4.74 Å². The molecule has 17 heavy (non-hydrogen) atoms. The molecular weight excluding hydrogens is 224 g/mol. The van der Waals surface area contributed by atoms with Gasteiger partial charge in [0, 0.05) is 5.56 Å². The molecule has 0 saturated carbocycles. The second-order valence-electron chi connectivity index (χ2n) is 6.10. The van der Waals surface area contributed by atoms with Gasteiger partial charge in [-0.3, -0.25) is 0 Å². The zero-order valence-corrected chi connectivity index (χ0v) is 13.9. The third-order valence-corrected chi connectivity index (χ3v) is 5.33. The monoisotopic (exact) mass is 248 g/mol. The van der Waals surface area contributed by atoms with Crippen LogP contribution in [0.15, 0.2) is 30.8 Å². The maximum atomic E-state index is 6.14. The van der Waals surface area contributed by atoms with E-state index < -0.39 is 0 Å². The first-order valence-electron chi connectivity index (χ1n) is 6.09. The lowest BCUT2D eigenvalue weighted by Crippen LogP contribution is -2.42. The Labute approximate surface area is 108 Å². The Bertz CT molecular complexity index is 413. The molecule has 0 bridgehead atoms. The van der Waals surface area contributed by atoms with Gasteiger partial charge in [-0.05, 0) is 24.8 Å². The maximum Gasteiger partial charge on any atom is 0.119 e. The van der Waals surface area contributed by atoms with E-state index in [0.29, 0.717) is 0 Å². The summed E-state index contributed by atoms with van der Waals surface area (Å²) in [6.07, 6.45) is 0. The highest BCUT2D eigenvalue weighted by Crippen LogP contribution is 2.34. The molecule has 0 heterocycles. The van der Waals surface area contributed by atoms with Gasteiger partial charge in [-0.15, -0.1) is 0 Å². The van der Waals surface area contributed by atoms with Crippen molar-refractivity contribution < 1.29 is 4.74 Å². The van der Waals surface area contributed by atoms with Crippen LogP contribution in [0, 0.1) is 12.3 Å². The molecule has 1 aromatic rings. The third-order valence-electron chi connectivity index (χ3n) is 3.63. The van der Waals surface area contributed by atoms with Crippen molar-refractivity contribution in [2.24, 2.45) is 5.41 Å². The molecule has 1 rings (SSSR count). The summed E-state index contributed by atoms with van der Waals surface area (Å²) in [7, 11) is 0.971. The van der Waals surface area contributed by atoms with Gasteiger partial charge in [0.25, 0.3) is 0 Å². The first-order chi connectivity index (χ1) is 7.65. The summed E-state index contributed by atoms with van der Waals surface area (Å²) in [6.45, 7) is 15.0. The fraction of sp³-hybridized carbons (Fsp3) is 0.467. The van der Waals surface area contributed by atoms with Gasteiger partial charge in [0.05, 0.1) is 15.5 Å². The molecule has 94 valence electrons. The zero-order chi connectivity index (χ0) is 13.3. The lowest BCUT2D eigenvalue weighted by atomic mass is 9.89. The van der Waals surface area contributed by atoms with E-state index >= 15 is 0 Å². The molecule has 1 aromatic carbocycles. The van der Waals surface area contributed by atoms with Crippen molar-refractivity contribution in [1.82, 2.24) is 0 Å². The molecule has 0 amide bonds. The molecule has 0 aliphatic rings. The molecule has 1 unspecified atom stereocenters. The topological polar surface area (TPSA) is 9.23 Å². The number of hydrogen-bond donors (Lipinski definition) is 0. The summed E-state index contributed by atoms with van der Waals surface area (Å²) in [5.74, 6) is 0.788. The minimum atomic E-state index is -0.105. The maximum absolute atomic E-state index is 6.14. The first kappa shape index (κ1) is 14.0. The predicted molar refractivity (Wildman–Crippen MR) is 79.1 cm³/mol. The standard InChI is InChI=1S/C15H24OSi/c1-11-9-7-8-10-13(11)12(2)16-15(6,17)14(3,4)5/h7-10H,2H2,1,3-6,17H3. The van der Waals surface area contributed by atoms with Crippen LogP contribution in [-0.2, 0) is 4.74 Å². The van der Waals surface area contributed by atoms with Crippen molar-refractivity contribution in [3.8, 4) is 0 Å². The Morgan fingerprint density at radius 1 is 1.18 bits per heavy atom. The number of benzene rings is 1. The van der Waals surface area contributed by atoms with Crippen LogP contribution in [0.4, 0.5) is 0 Å². The number of aryl methyl sites for hydroxylation is 1. The quantitative estimate of drug-likeness (QED) is 0.590. The van der Waals surface area contributed by atoms with Crippen LogP contribution in [0.2, 0.25) is 0 Å². The molecule has 0 radical (unpaired) electrons. The summed E-state index contributed by atoms with van der Waals surface area (Å²) >= 11 is 0. The van der Waals surface area contributed by atoms with Gasteiger partial charge in [0.2, 0.25) is 0 Å². The van der Waals surface area contributed by atoms with E-state index in [0.717, 1.165) is 21.6 Å². The van der Waals surface area contributed by atoms with Crippen LogP contribution in [-0.4, -0.2) is 15.5 Å². The van der Waals surface area contributed by atoms with E-state index in [2.05, 4.69) is 53.3 Å². The van der Waals surface area contributed by atoms with E-state index in [1.165, 1.54) is 5.56 Å². The molecule has 0 fully saturated rings. The van der Waals surface area contributed by atoms with Crippen LogP contribution in [0.25, 0.3) is 5.76 Å². The third kappa shape index (κ3) is 3.22. The highest BCUT2D eigenvalue weighted by Gasteiger charge is 2.35. The minimum Gasteiger partial charge on any atom is -0.492 e. The van der Waals surface area contributed by atoms with E-state index in [1.54, 1.807) is 0 Å². The number of hydrogen-bond acceptors (Lipinski definition) is 1. The average Bonchev–Trinajstić information content (AvgIpc) is 2.15. The molecule has 0 aliphatic heterocycles. The van der Waals surface area contributed by atoms with Crippen molar-refractivity contribution in [3.63, 3.8) is 0 Å². The van der Waals surface area contributed by atoms with Crippen molar-refractivity contribution in [3.05, 3.63) is 42.0 Å². The Balaban J connectivity index is 2.92. The fourth-order valence-electron chi connectivity index (χ4n) is 1.40. The summed E-state index contributed by atoms with van der Waals surface area (Å²) in [5, 5.41) is -0.105. The van der Waals surface area contributed by atoms with E-state index in [-0.39, 0.29) is 10.6 Å². The molecular formula is C15H24OSi. The van der Waals surface area contributed by atoms with Crippen LogP contribution in [0.5, 0.6) is 0 Å². The van der Waals surface area contributed by atoms with Crippen LogP contribution in [0.1, 0.15) is 38.8 Å². The van der Waals surface area contributed by atoms with Crippen LogP contribution >= 0.6 is 0 Å². The Kier molecular flexibility index (Phi) is 3.87. The van der Waals surface area contributed by atoms with Crippen molar-refractivity contribution in [1.29, 1.82) is 0 Å². The van der Waals surface area contributed by atoms with E-state index in [1.807, 2.05) is 12.1 Å². The lowest BCUT2D eigenvalue weighted by molar-refractivity contribution is 0.0358. The second-order valence-corrected chi connectivity index (χ2v) is 8.01. The average molecular weight is 248 g/mol. The van der Waals surface area contributed by atoms with E-state index in [9.17, 15) is 0 Å². The molecule has 0 N–H and O–H groups in total. The van der Waals surface area contributed by atoms with Gasteiger partial charge in [-0.1, -0.05) is 51.6 Å².